The van der Waals surface area contributed by atoms with Gasteiger partial charge in [-0.25, -0.2) is 0 Å². The highest BCUT2D eigenvalue weighted by molar-refractivity contribution is 4.86. The smallest absolute Gasteiger partial charge is 0.0591 e. The Morgan fingerprint density at radius 3 is 3.08 bits per heavy atom. The van der Waals surface area contributed by atoms with Crippen molar-refractivity contribution in [1.29, 1.82) is 0 Å². The minimum absolute atomic E-state index is 0.305. The summed E-state index contributed by atoms with van der Waals surface area (Å²) in [5, 5.41) is 0. The van der Waals surface area contributed by atoms with Crippen molar-refractivity contribution in [2.45, 2.75) is 44.2 Å². The van der Waals surface area contributed by atoms with Gasteiger partial charge in [0.1, 0.15) is 0 Å². The van der Waals surface area contributed by atoms with E-state index in [9.17, 15) is 0 Å². The van der Waals surface area contributed by atoms with E-state index in [0.717, 1.165) is 32.3 Å². The number of nitrogens with two attached hydrogens (primary N) is 1. The number of hydrogen-bond acceptors (Lipinski definition) is 3. The lowest BCUT2D eigenvalue weighted by atomic mass is 10.0. The maximum absolute atomic E-state index is 5.52. The van der Waals surface area contributed by atoms with E-state index in [1.54, 1.807) is 0 Å². The van der Waals surface area contributed by atoms with Crippen molar-refractivity contribution in [2.75, 3.05) is 6.61 Å². The third kappa shape index (κ3) is 3.77. The summed E-state index contributed by atoms with van der Waals surface area (Å²) in [5.41, 5.74) is 2.79. The molecule has 3 nitrogen and oxygen atoms in total. The average Bonchev–Trinajstić information content (AvgIpc) is 2.64. The summed E-state index contributed by atoms with van der Waals surface area (Å²) in [6.07, 6.45) is 10.6. The second-order valence-corrected chi connectivity index (χ2v) is 3.48. The molecule has 13 heavy (non-hydrogen) atoms. The maximum Gasteiger partial charge on any atom is 0.0591 e. The van der Waals surface area contributed by atoms with Crippen molar-refractivity contribution >= 4 is 0 Å². The number of nitrogens with one attached hydrogen (secondary N) is 1. The topological polar surface area (TPSA) is 47.3 Å². The molecule has 0 radical (unpaired) electrons. The molecular weight excluding hydrogens is 164 g/mol. The van der Waals surface area contributed by atoms with E-state index in [4.69, 9.17) is 17.0 Å². The molecule has 1 aliphatic heterocycles. The molecule has 0 saturated carbocycles. The van der Waals surface area contributed by atoms with Crippen molar-refractivity contribution in [3.05, 3.63) is 0 Å². The lowest BCUT2D eigenvalue weighted by Crippen LogP contribution is -2.37. The van der Waals surface area contributed by atoms with Gasteiger partial charge in [-0.15, -0.1) is 12.3 Å². The summed E-state index contributed by atoms with van der Waals surface area (Å²) in [7, 11) is 0. The minimum Gasteiger partial charge on any atom is -0.378 e. The van der Waals surface area contributed by atoms with Crippen LogP contribution in [0, 0.1) is 12.3 Å². The maximum atomic E-state index is 5.52. The van der Waals surface area contributed by atoms with Gasteiger partial charge >= 0.3 is 0 Å². The SMILES string of the molecule is C#CCCC(CC1CCCO1)NN. The molecule has 74 valence electrons. The van der Waals surface area contributed by atoms with Crippen molar-refractivity contribution in [2.24, 2.45) is 5.84 Å². The quantitative estimate of drug-likeness (QED) is 0.375. The first-order valence-corrected chi connectivity index (χ1v) is 4.88. The Morgan fingerprint density at radius 2 is 2.54 bits per heavy atom. The molecule has 2 atom stereocenters. The van der Waals surface area contributed by atoms with Gasteiger partial charge < -0.3 is 4.74 Å². The highest BCUT2D eigenvalue weighted by Gasteiger charge is 2.19. The number of ether oxygens (including phenoxy) is 1. The summed E-state index contributed by atoms with van der Waals surface area (Å²) < 4.78 is 5.52. The van der Waals surface area contributed by atoms with Crippen molar-refractivity contribution in [3.63, 3.8) is 0 Å². The third-order valence-corrected chi connectivity index (χ3v) is 2.44. The van der Waals surface area contributed by atoms with E-state index < -0.39 is 0 Å². The van der Waals surface area contributed by atoms with E-state index in [2.05, 4.69) is 11.3 Å². The van der Waals surface area contributed by atoms with Gasteiger partial charge in [0.25, 0.3) is 0 Å². The van der Waals surface area contributed by atoms with Crippen LogP contribution in [0.2, 0.25) is 0 Å². The summed E-state index contributed by atoms with van der Waals surface area (Å²) in [6, 6.07) is 0.305. The Bertz CT molecular complexity index is 170. The van der Waals surface area contributed by atoms with Crippen molar-refractivity contribution in [3.8, 4) is 12.3 Å². The zero-order valence-electron chi connectivity index (χ0n) is 7.96. The van der Waals surface area contributed by atoms with Gasteiger partial charge in [0.05, 0.1) is 6.10 Å². The number of hydrazine groups is 1. The van der Waals surface area contributed by atoms with E-state index in [-0.39, 0.29) is 0 Å². The van der Waals surface area contributed by atoms with Crippen molar-refractivity contribution in [1.82, 2.24) is 5.43 Å². The fraction of sp³-hybridized carbons (Fsp3) is 0.800. The molecule has 0 bridgehead atoms. The van der Waals surface area contributed by atoms with Crippen LogP contribution in [0.1, 0.15) is 32.1 Å². The van der Waals surface area contributed by atoms with Crippen LogP contribution in [0.15, 0.2) is 0 Å². The molecule has 0 aromatic carbocycles. The monoisotopic (exact) mass is 182 g/mol. The molecule has 0 amide bonds. The summed E-state index contributed by atoms with van der Waals surface area (Å²) in [4.78, 5) is 0. The van der Waals surface area contributed by atoms with Crippen LogP contribution < -0.4 is 11.3 Å². The van der Waals surface area contributed by atoms with Gasteiger partial charge in [-0.3, -0.25) is 11.3 Å². The van der Waals surface area contributed by atoms with Gasteiger partial charge in [0, 0.05) is 19.1 Å². The van der Waals surface area contributed by atoms with Crippen LogP contribution >= 0.6 is 0 Å². The van der Waals surface area contributed by atoms with E-state index in [1.807, 2.05) is 0 Å². The molecule has 0 spiro atoms. The zero-order chi connectivity index (χ0) is 9.52. The normalized spacial score (nSPS) is 24.2. The number of hydrogen-bond donors (Lipinski definition) is 2. The lowest BCUT2D eigenvalue weighted by Gasteiger charge is -2.18. The second-order valence-electron chi connectivity index (χ2n) is 3.48. The molecule has 1 heterocycles. The van der Waals surface area contributed by atoms with Crippen LogP contribution in [0.4, 0.5) is 0 Å². The number of terminal acetylenes is 1. The van der Waals surface area contributed by atoms with Crippen LogP contribution in [0.5, 0.6) is 0 Å². The predicted molar refractivity (Wildman–Crippen MR) is 52.8 cm³/mol. The van der Waals surface area contributed by atoms with Gasteiger partial charge in [-0.1, -0.05) is 0 Å². The van der Waals surface area contributed by atoms with Crippen LogP contribution in [-0.2, 0) is 4.74 Å². The minimum atomic E-state index is 0.305. The van der Waals surface area contributed by atoms with Crippen LogP contribution in [0.3, 0.4) is 0 Å². The predicted octanol–water partition coefficient (Wildman–Crippen LogP) is 0.801. The van der Waals surface area contributed by atoms with Gasteiger partial charge in [-0.05, 0) is 25.7 Å². The standard InChI is InChI=1S/C10H18N2O/c1-2-3-5-9(12-11)8-10-6-4-7-13-10/h1,9-10,12H,3-8,11H2. The van der Waals surface area contributed by atoms with Crippen LogP contribution in [-0.4, -0.2) is 18.8 Å². The third-order valence-electron chi connectivity index (χ3n) is 2.44. The average molecular weight is 182 g/mol. The molecule has 1 rings (SSSR count). The molecule has 3 heteroatoms. The Kier molecular flexibility index (Phi) is 4.84. The summed E-state index contributed by atoms with van der Waals surface area (Å²) in [6.45, 7) is 0.900. The molecule has 0 aliphatic carbocycles. The van der Waals surface area contributed by atoms with Gasteiger partial charge in [0.15, 0.2) is 0 Å². The molecule has 2 unspecified atom stereocenters. The van der Waals surface area contributed by atoms with E-state index >= 15 is 0 Å². The largest absolute Gasteiger partial charge is 0.378 e. The Morgan fingerprint density at radius 1 is 1.69 bits per heavy atom. The summed E-state index contributed by atoms with van der Waals surface area (Å²) >= 11 is 0. The van der Waals surface area contributed by atoms with Gasteiger partial charge in [-0.2, -0.15) is 0 Å². The fourth-order valence-electron chi connectivity index (χ4n) is 1.67. The lowest BCUT2D eigenvalue weighted by molar-refractivity contribution is 0.0938. The molecule has 0 aromatic heterocycles. The molecule has 3 N–H and O–H groups in total. The van der Waals surface area contributed by atoms with E-state index in [1.165, 1.54) is 6.42 Å². The van der Waals surface area contributed by atoms with Crippen molar-refractivity contribution < 1.29 is 4.74 Å². The number of rotatable bonds is 5. The fourth-order valence-corrected chi connectivity index (χ4v) is 1.67. The first-order valence-electron chi connectivity index (χ1n) is 4.88. The molecule has 1 saturated heterocycles. The molecular formula is C10H18N2O. The first kappa shape index (κ1) is 10.5. The highest BCUT2D eigenvalue weighted by atomic mass is 16.5. The Labute approximate surface area is 80.0 Å². The summed E-state index contributed by atoms with van der Waals surface area (Å²) in [5.74, 6) is 8.04. The van der Waals surface area contributed by atoms with Crippen LogP contribution in [0.25, 0.3) is 0 Å². The Hall–Kier alpha value is -0.560. The molecule has 1 aliphatic rings. The highest BCUT2D eigenvalue weighted by Crippen LogP contribution is 2.18. The van der Waals surface area contributed by atoms with Gasteiger partial charge in [0.2, 0.25) is 0 Å². The molecule has 1 fully saturated rings. The zero-order valence-corrected chi connectivity index (χ0v) is 7.96. The molecule has 0 aromatic rings. The Balaban J connectivity index is 2.18. The first-order chi connectivity index (χ1) is 6.36. The van der Waals surface area contributed by atoms with E-state index in [0.29, 0.717) is 12.1 Å². The second kappa shape index (κ2) is 5.98.